The van der Waals surface area contributed by atoms with E-state index in [-0.39, 0.29) is 17.5 Å². The van der Waals surface area contributed by atoms with Crippen molar-refractivity contribution in [2.45, 2.75) is 12.5 Å². The highest BCUT2D eigenvalue weighted by Crippen LogP contribution is 2.61. The summed E-state index contributed by atoms with van der Waals surface area (Å²) in [7, 11) is -3.49. The van der Waals surface area contributed by atoms with E-state index >= 15 is 0 Å². The van der Waals surface area contributed by atoms with Gasteiger partial charge < -0.3 is 14.7 Å². The number of hydrogen-bond donors (Lipinski definition) is 2. The Morgan fingerprint density at radius 3 is 2.57 bits per heavy atom. The molecule has 2 N–H and O–H groups in total. The normalized spacial score (nSPS) is 25.5. The minimum Gasteiger partial charge on any atom is -0.508 e. The molecular weight excluding hydrogens is 311 g/mol. The van der Waals surface area contributed by atoms with Gasteiger partial charge in [0.25, 0.3) is 0 Å². The smallest absolute Gasteiger partial charge is 0.306 e. The van der Waals surface area contributed by atoms with Crippen molar-refractivity contribution in [2.75, 3.05) is 0 Å². The summed E-state index contributed by atoms with van der Waals surface area (Å²) in [5.41, 5.74) is 1.71. The van der Waals surface area contributed by atoms with Crippen molar-refractivity contribution in [2.24, 2.45) is 0 Å². The maximum atomic E-state index is 13.7. The lowest BCUT2D eigenvalue weighted by atomic mass is 10.0. The molecule has 4 nitrogen and oxygen atoms in total. The summed E-state index contributed by atoms with van der Waals surface area (Å²) in [6.07, 6.45) is 2.15. The van der Waals surface area contributed by atoms with E-state index < -0.39 is 13.5 Å². The Morgan fingerprint density at radius 2 is 1.74 bits per heavy atom. The minimum absolute atomic E-state index is 0.000430. The highest BCUT2D eigenvalue weighted by atomic mass is 31.2. The first-order valence-electron chi connectivity index (χ1n) is 7.37. The molecule has 1 heterocycles. The van der Waals surface area contributed by atoms with Crippen LogP contribution in [0.3, 0.4) is 0 Å². The fourth-order valence-corrected chi connectivity index (χ4v) is 5.56. The van der Waals surface area contributed by atoms with Crippen molar-refractivity contribution < 1.29 is 19.3 Å². The van der Waals surface area contributed by atoms with E-state index in [9.17, 15) is 14.8 Å². The maximum Gasteiger partial charge on any atom is 0.306 e. The first-order chi connectivity index (χ1) is 11.1. The number of rotatable bonds is 1. The molecule has 23 heavy (non-hydrogen) atoms. The molecule has 2 unspecified atom stereocenters. The second kappa shape index (κ2) is 5.12. The van der Waals surface area contributed by atoms with E-state index in [0.717, 1.165) is 11.1 Å². The molecule has 0 bridgehead atoms. The van der Waals surface area contributed by atoms with E-state index in [0.29, 0.717) is 11.1 Å². The molecule has 2 aromatic carbocycles. The van der Waals surface area contributed by atoms with E-state index in [1.807, 2.05) is 30.3 Å². The predicted octanol–water partition coefficient (Wildman–Crippen LogP) is 3.74. The van der Waals surface area contributed by atoms with Crippen LogP contribution in [-0.2, 0) is 4.57 Å². The molecule has 2 aromatic rings. The van der Waals surface area contributed by atoms with Crippen molar-refractivity contribution in [1.82, 2.24) is 0 Å². The largest absolute Gasteiger partial charge is 0.508 e. The average Bonchev–Trinajstić information content (AvgIpc) is 2.57. The monoisotopic (exact) mass is 326 g/mol. The van der Waals surface area contributed by atoms with Crippen LogP contribution in [0.5, 0.6) is 5.75 Å². The van der Waals surface area contributed by atoms with Crippen LogP contribution >= 0.6 is 7.37 Å². The zero-order chi connectivity index (χ0) is 16.0. The molecule has 5 heteroatoms. The number of benzene rings is 2. The van der Waals surface area contributed by atoms with E-state index in [1.54, 1.807) is 18.2 Å². The maximum absolute atomic E-state index is 13.7. The second-order valence-corrected chi connectivity index (χ2v) is 7.89. The van der Waals surface area contributed by atoms with Gasteiger partial charge in [0.2, 0.25) is 0 Å². The van der Waals surface area contributed by atoms with Crippen LogP contribution in [0.25, 0.3) is 11.1 Å². The molecule has 116 valence electrons. The average molecular weight is 326 g/mol. The minimum atomic E-state index is -3.49. The summed E-state index contributed by atoms with van der Waals surface area (Å²) in [6, 6.07) is 14.7. The quantitative estimate of drug-likeness (QED) is 0.784. The summed E-state index contributed by atoms with van der Waals surface area (Å²) in [5.74, 6) is 0.525. The molecular formula is C18H15O4P. The molecule has 0 saturated heterocycles. The summed E-state index contributed by atoms with van der Waals surface area (Å²) in [5, 5.41) is 20.9. The highest BCUT2D eigenvalue weighted by molar-refractivity contribution is 7.72. The third-order valence-electron chi connectivity index (χ3n) is 4.15. The summed E-state index contributed by atoms with van der Waals surface area (Å²) >= 11 is 0. The van der Waals surface area contributed by atoms with Gasteiger partial charge in [0, 0.05) is 5.56 Å². The van der Waals surface area contributed by atoms with E-state index in [2.05, 4.69) is 0 Å². The van der Waals surface area contributed by atoms with Gasteiger partial charge in [0.05, 0.1) is 16.7 Å². The molecule has 0 saturated carbocycles. The van der Waals surface area contributed by atoms with E-state index in [4.69, 9.17) is 4.52 Å². The lowest BCUT2D eigenvalue weighted by Crippen LogP contribution is -2.24. The van der Waals surface area contributed by atoms with Crippen molar-refractivity contribution in [1.29, 1.82) is 0 Å². The van der Waals surface area contributed by atoms with Crippen molar-refractivity contribution in [3.8, 4) is 16.9 Å². The van der Waals surface area contributed by atoms with Crippen molar-refractivity contribution >= 4 is 12.7 Å². The van der Waals surface area contributed by atoms with Crippen LogP contribution in [0.4, 0.5) is 0 Å². The van der Waals surface area contributed by atoms with Crippen LogP contribution < -0.4 is 9.83 Å². The number of aliphatic hydroxyl groups excluding tert-OH is 2. The fourth-order valence-electron chi connectivity index (χ4n) is 3.05. The third-order valence-corrected chi connectivity index (χ3v) is 6.74. The predicted molar refractivity (Wildman–Crippen MR) is 89.2 cm³/mol. The summed E-state index contributed by atoms with van der Waals surface area (Å²) < 4.78 is 19.6. The molecule has 0 aromatic heterocycles. The lowest BCUT2D eigenvalue weighted by Gasteiger charge is -2.32. The van der Waals surface area contributed by atoms with Gasteiger partial charge in [0.15, 0.2) is 0 Å². The molecule has 1 aliphatic heterocycles. The Labute approximate surface area is 133 Å². The molecule has 0 fully saturated rings. The Balaban J connectivity index is 1.98. The summed E-state index contributed by atoms with van der Waals surface area (Å²) in [4.78, 5) is 0. The van der Waals surface area contributed by atoms with Crippen LogP contribution in [-0.4, -0.2) is 16.3 Å². The zero-order valence-electron chi connectivity index (χ0n) is 12.2. The van der Waals surface area contributed by atoms with Gasteiger partial charge >= 0.3 is 7.37 Å². The van der Waals surface area contributed by atoms with Gasteiger partial charge in [0.1, 0.15) is 11.5 Å². The number of aliphatic hydroxyl groups is 2. The number of para-hydroxylation sites is 1. The van der Waals surface area contributed by atoms with Gasteiger partial charge in [-0.05, 0) is 36.3 Å². The first kappa shape index (κ1) is 14.3. The first-order valence-corrected chi connectivity index (χ1v) is 9.00. The Hall–Kier alpha value is -2.29. The fraction of sp³-hybridized carbons (Fsp3) is 0.111. The van der Waals surface area contributed by atoms with Crippen LogP contribution in [0.2, 0.25) is 0 Å². The topological polar surface area (TPSA) is 66.8 Å². The third kappa shape index (κ3) is 2.14. The standard InChI is InChI=1S/C18H15O4P/c19-12-9-10-15(20)18(11-12)23(21)17-8-4-2-6-14(17)13-5-1-3-7-16(13)22-23/h1-9,11,15,19-20H,10H2. The Morgan fingerprint density at radius 1 is 1.04 bits per heavy atom. The molecule has 2 aliphatic rings. The van der Waals surface area contributed by atoms with Crippen molar-refractivity contribution in [3.63, 3.8) is 0 Å². The number of allylic oxidation sites excluding steroid dienone is 1. The van der Waals surface area contributed by atoms with Gasteiger partial charge in [-0.25, -0.2) is 0 Å². The Kier molecular flexibility index (Phi) is 3.19. The van der Waals surface area contributed by atoms with Gasteiger partial charge in [-0.3, -0.25) is 4.57 Å². The number of hydrogen-bond acceptors (Lipinski definition) is 4. The lowest BCUT2D eigenvalue weighted by molar-refractivity contribution is 0.214. The van der Waals surface area contributed by atoms with Crippen LogP contribution in [0, 0.1) is 0 Å². The number of fused-ring (bicyclic) bond motifs is 3. The van der Waals surface area contributed by atoms with E-state index in [1.165, 1.54) is 12.2 Å². The van der Waals surface area contributed by atoms with Crippen LogP contribution in [0.1, 0.15) is 6.42 Å². The van der Waals surface area contributed by atoms with Gasteiger partial charge in [-0.2, -0.15) is 0 Å². The summed E-state index contributed by atoms with van der Waals surface area (Å²) in [6.45, 7) is 0. The zero-order valence-corrected chi connectivity index (χ0v) is 13.1. The second-order valence-electron chi connectivity index (χ2n) is 5.61. The molecule has 0 radical (unpaired) electrons. The van der Waals surface area contributed by atoms with Crippen molar-refractivity contribution in [3.05, 3.63) is 71.8 Å². The SMILES string of the molecule is O=P1(C2=CC(O)=CCC2O)Oc2ccccc2-c2ccccc21. The highest BCUT2D eigenvalue weighted by Gasteiger charge is 2.42. The molecule has 1 aliphatic carbocycles. The molecule has 0 spiro atoms. The van der Waals surface area contributed by atoms with Crippen LogP contribution in [0.15, 0.2) is 71.8 Å². The van der Waals surface area contributed by atoms with Gasteiger partial charge in [-0.15, -0.1) is 0 Å². The molecule has 2 atom stereocenters. The van der Waals surface area contributed by atoms with Gasteiger partial charge in [-0.1, -0.05) is 36.4 Å². The molecule has 4 rings (SSSR count). The Bertz CT molecular complexity index is 897. The molecule has 0 amide bonds.